The third-order valence-electron chi connectivity index (χ3n) is 3.88. The van der Waals surface area contributed by atoms with E-state index >= 15 is 0 Å². The summed E-state index contributed by atoms with van der Waals surface area (Å²) in [5.41, 5.74) is 2.70. The van der Waals surface area contributed by atoms with Crippen LogP contribution in [0.15, 0.2) is 12.4 Å². The molecule has 1 heterocycles. The van der Waals surface area contributed by atoms with Gasteiger partial charge < -0.3 is 14.6 Å². The van der Waals surface area contributed by atoms with E-state index in [4.69, 9.17) is 0 Å². The summed E-state index contributed by atoms with van der Waals surface area (Å²) in [5, 5.41) is 3.34. The van der Waals surface area contributed by atoms with E-state index in [1.165, 1.54) is 24.0 Å². The number of nitrogens with one attached hydrogen (secondary N) is 1. The van der Waals surface area contributed by atoms with Gasteiger partial charge in [-0.3, -0.25) is 0 Å². The summed E-state index contributed by atoms with van der Waals surface area (Å²) >= 11 is 0. The number of ether oxygens (including phenoxy) is 1. The Kier molecular flexibility index (Phi) is 5.70. The molecule has 0 saturated carbocycles. The standard InChI is InChI=1S/C15H23F3N2O/c1-19-14-6-3-2-5-12-9-20(10-13(12)14)7-4-8-21-11-15(16,17)18/h9-10,14,19H,2-8,11H2,1H3. The number of nitrogens with zero attached hydrogens (tertiary/aromatic N) is 1. The molecule has 120 valence electrons. The zero-order valence-electron chi connectivity index (χ0n) is 12.4. The summed E-state index contributed by atoms with van der Waals surface area (Å²) in [6.07, 6.45) is 5.28. The molecule has 6 heteroatoms. The van der Waals surface area contributed by atoms with Crippen molar-refractivity contribution >= 4 is 0 Å². The lowest BCUT2D eigenvalue weighted by Gasteiger charge is -2.13. The lowest BCUT2D eigenvalue weighted by atomic mass is 10.1. The first-order chi connectivity index (χ1) is 9.99. The van der Waals surface area contributed by atoms with E-state index < -0.39 is 12.8 Å². The normalized spacial score (nSPS) is 19.3. The molecular formula is C15H23F3N2O. The molecule has 3 nitrogen and oxygen atoms in total. The molecule has 1 unspecified atom stereocenters. The molecule has 21 heavy (non-hydrogen) atoms. The summed E-state index contributed by atoms with van der Waals surface area (Å²) in [6, 6.07) is 0.394. The average molecular weight is 304 g/mol. The van der Waals surface area contributed by atoms with Crippen molar-refractivity contribution in [1.82, 2.24) is 9.88 Å². The van der Waals surface area contributed by atoms with Crippen molar-refractivity contribution in [2.75, 3.05) is 20.3 Å². The van der Waals surface area contributed by atoms with Crippen LogP contribution >= 0.6 is 0 Å². The molecule has 0 fully saturated rings. The molecule has 0 amide bonds. The van der Waals surface area contributed by atoms with Crippen LogP contribution in [0, 0.1) is 0 Å². The van der Waals surface area contributed by atoms with E-state index in [9.17, 15) is 13.2 Å². The van der Waals surface area contributed by atoms with Crippen LogP contribution in [0.1, 0.15) is 42.9 Å². The number of fused-ring (bicyclic) bond motifs is 1. The van der Waals surface area contributed by atoms with Gasteiger partial charge >= 0.3 is 6.18 Å². The molecule has 0 saturated heterocycles. The molecule has 1 aliphatic carbocycles. The van der Waals surface area contributed by atoms with Crippen LogP contribution in [0.3, 0.4) is 0 Å². The van der Waals surface area contributed by atoms with Crippen LogP contribution in [0.25, 0.3) is 0 Å². The average Bonchev–Trinajstić information content (AvgIpc) is 2.71. The van der Waals surface area contributed by atoms with Gasteiger partial charge in [0, 0.05) is 31.6 Å². The number of aryl methyl sites for hydroxylation is 2. The molecule has 0 aromatic carbocycles. The highest BCUT2D eigenvalue weighted by Crippen LogP contribution is 2.29. The van der Waals surface area contributed by atoms with E-state index in [0.29, 0.717) is 19.0 Å². The Morgan fingerprint density at radius 3 is 2.86 bits per heavy atom. The first kappa shape index (κ1) is 16.4. The fourth-order valence-electron chi connectivity index (χ4n) is 2.88. The summed E-state index contributed by atoms with van der Waals surface area (Å²) < 4.78 is 42.5. The molecule has 1 atom stereocenters. The maximum absolute atomic E-state index is 11.9. The second-order valence-electron chi connectivity index (χ2n) is 5.58. The Labute approximate surface area is 123 Å². The highest BCUT2D eigenvalue weighted by molar-refractivity contribution is 5.29. The zero-order valence-corrected chi connectivity index (χ0v) is 12.4. The maximum Gasteiger partial charge on any atom is 0.411 e. The Morgan fingerprint density at radius 2 is 2.14 bits per heavy atom. The molecule has 1 aromatic heterocycles. The largest absolute Gasteiger partial charge is 0.411 e. The van der Waals surface area contributed by atoms with Crippen molar-refractivity contribution in [3.05, 3.63) is 23.5 Å². The van der Waals surface area contributed by atoms with Gasteiger partial charge in [0.15, 0.2) is 0 Å². The van der Waals surface area contributed by atoms with Crippen molar-refractivity contribution in [2.45, 2.75) is 50.9 Å². The van der Waals surface area contributed by atoms with Gasteiger partial charge in [0.25, 0.3) is 0 Å². The van der Waals surface area contributed by atoms with Gasteiger partial charge in [-0.15, -0.1) is 0 Å². The van der Waals surface area contributed by atoms with Crippen LogP contribution < -0.4 is 5.32 Å². The van der Waals surface area contributed by atoms with E-state index in [-0.39, 0.29) is 6.61 Å². The van der Waals surface area contributed by atoms with Crippen LogP contribution in [-0.4, -0.2) is 31.0 Å². The molecule has 1 aromatic rings. The first-order valence-corrected chi connectivity index (χ1v) is 7.50. The van der Waals surface area contributed by atoms with Crippen LogP contribution in [0.4, 0.5) is 13.2 Å². The fraction of sp³-hybridized carbons (Fsp3) is 0.733. The fourth-order valence-corrected chi connectivity index (χ4v) is 2.88. The zero-order chi connectivity index (χ0) is 15.3. The topological polar surface area (TPSA) is 26.2 Å². The molecule has 0 radical (unpaired) electrons. The van der Waals surface area contributed by atoms with E-state index in [0.717, 1.165) is 12.8 Å². The lowest BCUT2D eigenvalue weighted by Crippen LogP contribution is -2.17. The Hall–Kier alpha value is -1.01. The molecule has 2 rings (SSSR count). The minimum absolute atomic E-state index is 0.137. The van der Waals surface area contributed by atoms with Crippen molar-refractivity contribution in [3.63, 3.8) is 0 Å². The number of aromatic nitrogens is 1. The molecule has 1 N–H and O–H groups in total. The van der Waals surface area contributed by atoms with Crippen molar-refractivity contribution in [2.24, 2.45) is 0 Å². The lowest BCUT2D eigenvalue weighted by molar-refractivity contribution is -0.174. The second kappa shape index (κ2) is 7.31. The number of halogens is 3. The van der Waals surface area contributed by atoms with Crippen molar-refractivity contribution < 1.29 is 17.9 Å². The molecule has 0 aliphatic heterocycles. The van der Waals surface area contributed by atoms with Crippen LogP contribution in [0.2, 0.25) is 0 Å². The van der Waals surface area contributed by atoms with E-state index in [2.05, 4.69) is 27.0 Å². The van der Waals surface area contributed by atoms with Gasteiger partial charge in [0.05, 0.1) is 0 Å². The van der Waals surface area contributed by atoms with Gasteiger partial charge in [-0.2, -0.15) is 13.2 Å². The minimum atomic E-state index is -4.23. The second-order valence-corrected chi connectivity index (χ2v) is 5.58. The van der Waals surface area contributed by atoms with Crippen LogP contribution in [0.5, 0.6) is 0 Å². The smallest absolute Gasteiger partial charge is 0.372 e. The third kappa shape index (κ3) is 5.04. The minimum Gasteiger partial charge on any atom is -0.372 e. The number of hydrogen-bond acceptors (Lipinski definition) is 2. The van der Waals surface area contributed by atoms with Gasteiger partial charge in [-0.1, -0.05) is 6.42 Å². The third-order valence-corrected chi connectivity index (χ3v) is 3.88. The van der Waals surface area contributed by atoms with Gasteiger partial charge in [-0.05, 0) is 43.9 Å². The van der Waals surface area contributed by atoms with E-state index in [1.807, 2.05) is 7.05 Å². The molecule has 1 aliphatic rings. The maximum atomic E-state index is 11.9. The summed E-state index contributed by atoms with van der Waals surface area (Å²) in [7, 11) is 1.97. The van der Waals surface area contributed by atoms with Crippen LogP contribution in [-0.2, 0) is 17.7 Å². The van der Waals surface area contributed by atoms with Crippen molar-refractivity contribution in [3.8, 4) is 0 Å². The van der Waals surface area contributed by atoms with Gasteiger partial charge in [0.2, 0.25) is 0 Å². The quantitative estimate of drug-likeness (QED) is 0.643. The highest BCUT2D eigenvalue weighted by Gasteiger charge is 2.27. The molecule has 0 bridgehead atoms. The number of hydrogen-bond donors (Lipinski definition) is 1. The summed E-state index contributed by atoms with van der Waals surface area (Å²) in [6.45, 7) is -0.323. The van der Waals surface area contributed by atoms with E-state index in [1.54, 1.807) is 0 Å². The number of rotatable bonds is 6. The Balaban J connectivity index is 1.82. The van der Waals surface area contributed by atoms with Gasteiger partial charge in [0.1, 0.15) is 6.61 Å². The van der Waals surface area contributed by atoms with Gasteiger partial charge in [-0.25, -0.2) is 0 Å². The molecular weight excluding hydrogens is 281 g/mol. The predicted molar refractivity (Wildman–Crippen MR) is 75.3 cm³/mol. The highest BCUT2D eigenvalue weighted by atomic mass is 19.4. The Morgan fingerprint density at radius 1 is 1.33 bits per heavy atom. The molecule has 0 spiro atoms. The summed E-state index contributed by atoms with van der Waals surface area (Å²) in [4.78, 5) is 0. The SMILES string of the molecule is CNC1CCCCc2cn(CCCOCC(F)(F)F)cc21. The Bertz CT molecular complexity index is 443. The monoisotopic (exact) mass is 304 g/mol. The summed E-state index contributed by atoms with van der Waals surface area (Å²) in [5.74, 6) is 0. The first-order valence-electron chi connectivity index (χ1n) is 7.50. The predicted octanol–water partition coefficient (Wildman–Crippen LogP) is 3.44. The van der Waals surface area contributed by atoms with Crippen molar-refractivity contribution in [1.29, 1.82) is 0 Å². The number of alkyl halides is 3.